The molecule has 1 N–H and O–H groups in total. The second-order valence-corrected chi connectivity index (χ2v) is 7.70. The van der Waals surface area contributed by atoms with Gasteiger partial charge in [0.05, 0.1) is 17.9 Å². The zero-order valence-corrected chi connectivity index (χ0v) is 16.8. The van der Waals surface area contributed by atoms with E-state index in [0.29, 0.717) is 35.3 Å². The van der Waals surface area contributed by atoms with Gasteiger partial charge in [0.25, 0.3) is 5.91 Å². The molecule has 0 atom stereocenters. The van der Waals surface area contributed by atoms with Gasteiger partial charge in [-0.15, -0.1) is 0 Å². The molecule has 2 aromatic rings. The molecular formula is C21H24NO7-. The Hall–Kier alpha value is -3.03. The van der Waals surface area contributed by atoms with Crippen LogP contribution in [0.4, 0.5) is 0 Å². The van der Waals surface area contributed by atoms with Crippen molar-refractivity contribution in [1.82, 2.24) is 5.32 Å². The molecule has 3 rings (SSSR count). The molecule has 156 valence electrons. The molecule has 2 heterocycles. The van der Waals surface area contributed by atoms with Crippen molar-refractivity contribution in [3.05, 3.63) is 33.7 Å². The van der Waals surface area contributed by atoms with E-state index in [4.69, 9.17) is 13.9 Å². The number of fused-ring (bicyclic) bond motifs is 3. The summed E-state index contributed by atoms with van der Waals surface area (Å²) in [4.78, 5) is 34.5. The lowest BCUT2D eigenvalue weighted by Gasteiger charge is -2.33. The number of rotatable bonds is 7. The normalized spacial score (nSPS) is 14.7. The third-order valence-corrected chi connectivity index (χ3v) is 4.79. The molecule has 29 heavy (non-hydrogen) atoms. The fourth-order valence-electron chi connectivity index (χ4n) is 3.46. The van der Waals surface area contributed by atoms with Crippen molar-refractivity contribution < 1.29 is 28.6 Å². The number of ether oxygens (including phenoxy) is 2. The highest BCUT2D eigenvalue weighted by Gasteiger charge is 2.30. The van der Waals surface area contributed by atoms with Gasteiger partial charge in [0.2, 0.25) is 0 Å². The largest absolute Gasteiger partial charge is 0.548 e. The molecule has 0 saturated heterocycles. The van der Waals surface area contributed by atoms with E-state index in [1.165, 1.54) is 6.07 Å². The van der Waals surface area contributed by atoms with Gasteiger partial charge in [-0.05, 0) is 38.7 Å². The van der Waals surface area contributed by atoms with Gasteiger partial charge < -0.3 is 29.1 Å². The number of carboxylic acids is 1. The minimum Gasteiger partial charge on any atom is -0.548 e. The van der Waals surface area contributed by atoms with Crippen LogP contribution in [0.1, 0.15) is 44.7 Å². The Morgan fingerprint density at radius 3 is 2.76 bits per heavy atom. The summed E-state index contributed by atoms with van der Waals surface area (Å²) in [5, 5.41) is 13.3. The first-order valence-electron chi connectivity index (χ1n) is 9.61. The van der Waals surface area contributed by atoms with Gasteiger partial charge in [0.1, 0.15) is 22.7 Å². The highest BCUT2D eigenvalue weighted by Crippen LogP contribution is 2.43. The number of hydrogen-bond acceptors (Lipinski definition) is 7. The first-order chi connectivity index (χ1) is 13.7. The zero-order valence-electron chi connectivity index (χ0n) is 16.8. The molecule has 1 aromatic heterocycles. The summed E-state index contributed by atoms with van der Waals surface area (Å²) in [6, 6.07) is 3.15. The molecule has 1 aromatic carbocycles. The number of nitrogens with one attached hydrogen (secondary N) is 1. The van der Waals surface area contributed by atoms with E-state index in [1.54, 1.807) is 6.07 Å². The fourth-order valence-corrected chi connectivity index (χ4v) is 3.46. The van der Waals surface area contributed by atoms with Crippen molar-refractivity contribution in [2.45, 2.75) is 52.1 Å². The Kier molecular flexibility index (Phi) is 5.81. The van der Waals surface area contributed by atoms with Crippen LogP contribution in [0.5, 0.6) is 11.5 Å². The molecule has 0 aliphatic carbocycles. The monoisotopic (exact) mass is 402 g/mol. The van der Waals surface area contributed by atoms with E-state index in [1.807, 2.05) is 20.8 Å². The lowest BCUT2D eigenvalue weighted by Crippen LogP contribution is -2.39. The first kappa shape index (κ1) is 20.7. The maximum absolute atomic E-state index is 12.1. The van der Waals surface area contributed by atoms with E-state index in [-0.39, 0.29) is 5.60 Å². The SMILES string of the molecule is CCCc1cc(=O)oc2c3c(cc(OCC(=O)NCC(=O)[O-])c12)OC(C)(C)CC3. The van der Waals surface area contributed by atoms with Crippen molar-refractivity contribution in [3.8, 4) is 11.5 Å². The third-order valence-electron chi connectivity index (χ3n) is 4.79. The summed E-state index contributed by atoms with van der Waals surface area (Å²) in [5.41, 5.74) is 1.17. The summed E-state index contributed by atoms with van der Waals surface area (Å²) in [5.74, 6) is -1.08. The van der Waals surface area contributed by atoms with Crippen molar-refractivity contribution in [2.24, 2.45) is 0 Å². The van der Waals surface area contributed by atoms with Gasteiger partial charge in [-0.2, -0.15) is 0 Å². The van der Waals surface area contributed by atoms with Crippen LogP contribution in [0.3, 0.4) is 0 Å². The molecule has 1 aliphatic rings. The van der Waals surface area contributed by atoms with Gasteiger partial charge in [-0.3, -0.25) is 4.79 Å². The predicted octanol–water partition coefficient (Wildman–Crippen LogP) is 1.09. The van der Waals surface area contributed by atoms with E-state index < -0.39 is 30.7 Å². The third kappa shape index (κ3) is 4.70. The number of benzene rings is 1. The Morgan fingerprint density at radius 2 is 2.07 bits per heavy atom. The van der Waals surface area contributed by atoms with Gasteiger partial charge in [-0.25, -0.2) is 4.79 Å². The van der Waals surface area contributed by atoms with E-state index in [0.717, 1.165) is 24.0 Å². The molecule has 0 fully saturated rings. The minimum atomic E-state index is -1.39. The van der Waals surface area contributed by atoms with Gasteiger partial charge >= 0.3 is 5.63 Å². The summed E-state index contributed by atoms with van der Waals surface area (Å²) in [6.07, 6.45) is 2.90. The van der Waals surface area contributed by atoms with E-state index in [2.05, 4.69) is 5.32 Å². The number of aliphatic carboxylic acids is 1. The number of aryl methyl sites for hydroxylation is 2. The second-order valence-electron chi connectivity index (χ2n) is 7.70. The first-order valence-corrected chi connectivity index (χ1v) is 9.61. The predicted molar refractivity (Wildman–Crippen MR) is 103 cm³/mol. The fraction of sp³-hybridized carbons (Fsp3) is 0.476. The molecule has 0 spiro atoms. The van der Waals surface area contributed by atoms with Gasteiger partial charge in [0.15, 0.2) is 6.61 Å². The number of carbonyl (C=O) groups is 2. The maximum Gasteiger partial charge on any atom is 0.336 e. The van der Waals surface area contributed by atoms with Crippen LogP contribution in [-0.2, 0) is 22.4 Å². The smallest absolute Gasteiger partial charge is 0.336 e. The molecule has 8 heteroatoms. The Morgan fingerprint density at radius 1 is 1.31 bits per heavy atom. The molecule has 8 nitrogen and oxygen atoms in total. The summed E-state index contributed by atoms with van der Waals surface area (Å²) in [7, 11) is 0. The van der Waals surface area contributed by atoms with Crippen LogP contribution >= 0.6 is 0 Å². The minimum absolute atomic E-state index is 0.354. The average Bonchev–Trinajstić information content (AvgIpc) is 2.63. The number of carbonyl (C=O) groups excluding carboxylic acids is 2. The van der Waals surface area contributed by atoms with Crippen LogP contribution in [0.25, 0.3) is 11.0 Å². The van der Waals surface area contributed by atoms with Crippen LogP contribution in [0.2, 0.25) is 0 Å². The average molecular weight is 402 g/mol. The van der Waals surface area contributed by atoms with Crippen molar-refractivity contribution in [3.63, 3.8) is 0 Å². The van der Waals surface area contributed by atoms with Gasteiger partial charge in [0, 0.05) is 17.7 Å². The molecule has 1 amide bonds. The highest BCUT2D eigenvalue weighted by molar-refractivity contribution is 5.92. The van der Waals surface area contributed by atoms with Crippen LogP contribution in [0, 0.1) is 0 Å². The molecule has 0 saturated carbocycles. The number of amides is 1. The standard InChI is InChI=1S/C21H25NO7/c1-4-5-12-8-18(26)28-20-13-6-7-21(2,3)29-14(13)9-15(19(12)20)27-11-16(23)22-10-17(24)25/h8-9H,4-7,10-11H2,1-3H3,(H,22,23)(H,24,25)/p-1. The number of hydrogen-bond donors (Lipinski definition) is 1. The molecule has 0 unspecified atom stereocenters. The molecule has 1 aliphatic heterocycles. The van der Waals surface area contributed by atoms with Gasteiger partial charge in [-0.1, -0.05) is 13.3 Å². The summed E-state index contributed by atoms with van der Waals surface area (Å²) >= 11 is 0. The van der Waals surface area contributed by atoms with Crippen LogP contribution in [-0.4, -0.2) is 30.6 Å². The second kappa shape index (κ2) is 8.14. The van der Waals surface area contributed by atoms with E-state index >= 15 is 0 Å². The van der Waals surface area contributed by atoms with Crippen LogP contribution in [0.15, 0.2) is 21.3 Å². The summed E-state index contributed by atoms with van der Waals surface area (Å²) < 4.78 is 17.3. The molecular weight excluding hydrogens is 378 g/mol. The van der Waals surface area contributed by atoms with Crippen LogP contribution < -0.4 is 25.5 Å². The quantitative estimate of drug-likeness (QED) is 0.689. The molecule has 0 radical (unpaired) electrons. The van der Waals surface area contributed by atoms with E-state index in [9.17, 15) is 19.5 Å². The Bertz CT molecular complexity index is 1010. The lowest BCUT2D eigenvalue weighted by molar-refractivity contribution is -0.304. The Labute approximate surface area is 167 Å². The Balaban J connectivity index is 2.06. The number of carboxylic acid groups (broad SMARTS) is 1. The zero-order chi connectivity index (χ0) is 21.2. The van der Waals surface area contributed by atoms with Crippen molar-refractivity contribution in [2.75, 3.05) is 13.2 Å². The summed E-state index contributed by atoms with van der Waals surface area (Å²) in [6.45, 7) is 4.95. The topological polar surface area (TPSA) is 118 Å². The highest BCUT2D eigenvalue weighted by atomic mass is 16.5. The maximum atomic E-state index is 12.1. The van der Waals surface area contributed by atoms with Crippen molar-refractivity contribution in [1.29, 1.82) is 0 Å². The molecule has 0 bridgehead atoms. The lowest BCUT2D eigenvalue weighted by atomic mass is 9.91. The van der Waals surface area contributed by atoms with Crippen molar-refractivity contribution >= 4 is 22.8 Å².